The number of phosphoric acid groups is 1. The van der Waals surface area contributed by atoms with Crippen LogP contribution in [0.4, 0.5) is 5.82 Å². The van der Waals surface area contributed by atoms with Gasteiger partial charge >= 0.3 is 7.82 Å². The summed E-state index contributed by atoms with van der Waals surface area (Å²) in [6.07, 6.45) is -0.956. The molecule has 0 radical (unpaired) electrons. The maximum absolute atomic E-state index is 13.6. The first-order chi connectivity index (χ1) is 19.9. The molecule has 43 heavy (non-hydrogen) atoms. The Labute approximate surface area is 260 Å². The number of aromatic nitrogens is 2. The van der Waals surface area contributed by atoms with Crippen molar-refractivity contribution in [3.63, 3.8) is 0 Å². The first-order valence-electron chi connectivity index (χ1n) is 13.7. The highest BCUT2D eigenvalue weighted by Crippen LogP contribution is 2.51. The van der Waals surface area contributed by atoms with Crippen molar-refractivity contribution >= 4 is 58.5 Å². The van der Waals surface area contributed by atoms with Crippen LogP contribution in [0.3, 0.4) is 0 Å². The van der Waals surface area contributed by atoms with E-state index in [1.165, 1.54) is 19.5 Å². The van der Waals surface area contributed by atoms with Gasteiger partial charge in [0.2, 0.25) is 0 Å². The fraction of sp³-hybridized carbons (Fsp3) is 0.704. The number of carbonyl (C=O) groups excluding carboxylic acids is 2. The molecule has 1 aliphatic heterocycles. The number of nitrogens with one attached hydrogen (secondary N) is 1. The van der Waals surface area contributed by atoms with Gasteiger partial charge in [0.15, 0.2) is 21.6 Å². The summed E-state index contributed by atoms with van der Waals surface area (Å²) in [5, 5.41) is 25.0. The Hall–Kier alpha value is -1.55. The van der Waals surface area contributed by atoms with Crippen molar-refractivity contribution in [2.24, 2.45) is 10.8 Å². The number of aliphatic hydroxyl groups is 2. The number of anilines is 1. The van der Waals surface area contributed by atoms with E-state index in [0.29, 0.717) is 22.5 Å². The number of fused-ring (bicyclic) bond motifs is 1. The number of nitrogens with zero attached hydrogens (tertiary/aromatic N) is 2. The summed E-state index contributed by atoms with van der Waals surface area (Å²) in [5.41, 5.74) is -1.77. The highest BCUT2D eigenvalue weighted by atomic mass is 32.2. The Balaban J connectivity index is 1.69. The van der Waals surface area contributed by atoms with Crippen molar-refractivity contribution < 1.29 is 47.1 Å². The highest BCUT2D eigenvalue weighted by molar-refractivity contribution is 8.14. The third-order valence-electron chi connectivity index (χ3n) is 6.45. The van der Waals surface area contributed by atoms with E-state index in [2.05, 4.69) is 15.3 Å². The summed E-state index contributed by atoms with van der Waals surface area (Å²) in [4.78, 5) is 32.8. The Bertz CT molecular complexity index is 1290. The molecule has 16 heteroatoms. The molecule has 0 aliphatic carbocycles. The van der Waals surface area contributed by atoms with Crippen LogP contribution in [-0.4, -0.2) is 86.6 Å². The van der Waals surface area contributed by atoms with Crippen molar-refractivity contribution in [1.82, 2.24) is 9.97 Å². The maximum atomic E-state index is 13.6. The maximum Gasteiger partial charge on any atom is 0.474 e. The van der Waals surface area contributed by atoms with Gasteiger partial charge < -0.3 is 24.7 Å². The zero-order valence-electron chi connectivity index (χ0n) is 25.7. The number of aliphatic hydroxyl groups excluding tert-OH is 1. The molecule has 4 unspecified atom stereocenters. The van der Waals surface area contributed by atoms with Crippen molar-refractivity contribution in [2.45, 2.75) is 72.4 Å². The average molecular weight is 664 g/mol. The van der Waals surface area contributed by atoms with E-state index < -0.39 is 49.2 Å². The second kappa shape index (κ2) is 14.3. The average Bonchev–Trinajstić information content (AvgIpc) is 3.44. The Morgan fingerprint density at radius 3 is 2.12 bits per heavy atom. The van der Waals surface area contributed by atoms with Gasteiger partial charge in [-0.1, -0.05) is 65.1 Å². The molecule has 242 valence electrons. The number of hydrogen-bond donors (Lipinski definition) is 3. The first kappa shape index (κ1) is 35.9. The van der Waals surface area contributed by atoms with Gasteiger partial charge in [0.25, 0.3) is 0 Å². The monoisotopic (exact) mass is 663 g/mol. The van der Waals surface area contributed by atoms with E-state index in [4.69, 9.17) is 22.7 Å². The molecule has 1 fully saturated rings. The smallest absolute Gasteiger partial charge is 0.458 e. The molecule has 2 aromatic heterocycles. The Morgan fingerprint density at radius 1 is 1.05 bits per heavy atom. The number of ether oxygens (including phenoxy) is 1. The molecule has 3 N–H and O–H groups in total. The van der Waals surface area contributed by atoms with Crippen LogP contribution in [-0.2, 0) is 32.5 Å². The van der Waals surface area contributed by atoms with Crippen molar-refractivity contribution in [2.75, 3.05) is 43.7 Å². The molecule has 2 aromatic rings. The molecule has 0 aromatic carbocycles. The molecule has 1 saturated heterocycles. The van der Waals surface area contributed by atoms with E-state index in [9.17, 15) is 24.4 Å². The summed E-state index contributed by atoms with van der Waals surface area (Å²) in [6, 6.07) is 0. The number of furan rings is 1. The van der Waals surface area contributed by atoms with E-state index >= 15 is 0 Å². The lowest BCUT2D eigenvalue weighted by molar-refractivity contribution is -0.118. The number of thioether (sulfide) groups is 2. The lowest BCUT2D eigenvalue weighted by atomic mass is 9.89. The first-order valence-corrected chi connectivity index (χ1v) is 17.2. The topological polar surface area (TPSA) is 180 Å². The standard InChI is InChI=1S/C27H42N3O10PS2/c1-25(2,3)23(32)42-11-9-37-41(35,38-10-12-43-24(33)26(4,5)6)39-14-17-20(31)27(7,34)21(40-17)16-13-36-19-18(16)29-15-30-22(19)28-8/h13,15,17,20-21,31,34H,9-12,14H2,1-8H3,(H,28,29,30). The van der Waals surface area contributed by atoms with Crippen LogP contribution in [0.1, 0.15) is 60.1 Å². The van der Waals surface area contributed by atoms with Gasteiger partial charge in [-0.25, -0.2) is 14.5 Å². The summed E-state index contributed by atoms with van der Waals surface area (Å²) in [5.74, 6) is 0.843. The van der Waals surface area contributed by atoms with E-state index in [0.717, 1.165) is 23.5 Å². The predicted octanol–water partition coefficient (Wildman–Crippen LogP) is 4.59. The molecular weight excluding hydrogens is 621 g/mol. The minimum absolute atomic E-state index is 0.0560. The number of hydrogen-bond acceptors (Lipinski definition) is 15. The number of carbonyl (C=O) groups is 2. The van der Waals surface area contributed by atoms with Crippen LogP contribution in [0.2, 0.25) is 0 Å². The van der Waals surface area contributed by atoms with Crippen LogP contribution in [0.5, 0.6) is 0 Å². The van der Waals surface area contributed by atoms with Gasteiger partial charge in [0.1, 0.15) is 35.8 Å². The summed E-state index contributed by atoms with van der Waals surface area (Å²) in [6.45, 7) is 11.5. The lowest BCUT2D eigenvalue weighted by Crippen LogP contribution is -2.43. The van der Waals surface area contributed by atoms with Crippen LogP contribution < -0.4 is 5.32 Å². The SMILES string of the molecule is CNc1ncnc2c(C3OC(COP(=O)(OCCSC(=O)C(C)(C)C)OCCSC(=O)C(C)(C)C)C(O)C3(C)O)coc12. The van der Waals surface area contributed by atoms with Crippen molar-refractivity contribution in [3.8, 4) is 0 Å². The van der Waals surface area contributed by atoms with Gasteiger partial charge in [-0.3, -0.25) is 23.2 Å². The second-order valence-electron chi connectivity index (χ2n) is 12.2. The molecule has 0 amide bonds. The fourth-order valence-electron chi connectivity index (χ4n) is 3.95. The highest BCUT2D eigenvalue weighted by Gasteiger charge is 2.54. The quantitative estimate of drug-likeness (QED) is 0.200. The second-order valence-corrected chi connectivity index (χ2v) is 16.1. The molecule has 4 atom stereocenters. The van der Waals surface area contributed by atoms with Crippen molar-refractivity contribution in [1.29, 1.82) is 0 Å². The molecule has 0 bridgehead atoms. The molecule has 1 aliphatic rings. The fourth-order valence-corrected chi connectivity index (χ4v) is 6.95. The zero-order chi connectivity index (χ0) is 32.2. The summed E-state index contributed by atoms with van der Waals surface area (Å²) in [7, 11) is -2.57. The number of rotatable bonds is 13. The predicted molar refractivity (Wildman–Crippen MR) is 165 cm³/mol. The van der Waals surface area contributed by atoms with Crippen molar-refractivity contribution in [3.05, 3.63) is 18.2 Å². The normalized spacial score (nSPS) is 23.2. The molecular formula is C27H42N3O10PS2. The molecule has 0 spiro atoms. The van der Waals surface area contributed by atoms with Gasteiger partial charge in [-0.15, -0.1) is 0 Å². The van der Waals surface area contributed by atoms with Gasteiger partial charge in [0.05, 0.1) is 26.1 Å². The van der Waals surface area contributed by atoms with Crippen LogP contribution in [0, 0.1) is 10.8 Å². The zero-order valence-corrected chi connectivity index (χ0v) is 28.3. The van der Waals surface area contributed by atoms with E-state index in [-0.39, 0.29) is 35.0 Å². The number of phosphoric ester groups is 1. The molecule has 3 rings (SSSR count). The summed E-state index contributed by atoms with van der Waals surface area (Å²) < 4.78 is 41.8. The molecule has 3 heterocycles. The largest absolute Gasteiger partial charge is 0.474 e. The van der Waals surface area contributed by atoms with Crippen LogP contribution in [0.25, 0.3) is 11.1 Å². The molecule has 0 saturated carbocycles. The van der Waals surface area contributed by atoms with Gasteiger partial charge in [-0.05, 0) is 6.92 Å². The van der Waals surface area contributed by atoms with Gasteiger partial charge in [0, 0.05) is 34.9 Å². The van der Waals surface area contributed by atoms with E-state index in [1.54, 1.807) is 48.6 Å². The third-order valence-corrected chi connectivity index (χ3v) is 10.4. The van der Waals surface area contributed by atoms with Gasteiger partial charge in [-0.2, -0.15) is 0 Å². The molecule has 13 nitrogen and oxygen atoms in total. The van der Waals surface area contributed by atoms with E-state index in [1.807, 2.05) is 0 Å². The Morgan fingerprint density at radius 2 is 1.60 bits per heavy atom. The third kappa shape index (κ3) is 9.01. The minimum Gasteiger partial charge on any atom is -0.458 e. The van der Waals surface area contributed by atoms with Crippen LogP contribution >= 0.6 is 31.3 Å². The minimum atomic E-state index is -4.24. The Kier molecular flexibility index (Phi) is 11.9. The summed E-state index contributed by atoms with van der Waals surface area (Å²) >= 11 is 2.08. The lowest BCUT2D eigenvalue weighted by Gasteiger charge is -2.26. The van der Waals surface area contributed by atoms with Crippen LogP contribution in [0.15, 0.2) is 17.0 Å².